The Morgan fingerprint density at radius 1 is 0.395 bits per heavy atom. The van der Waals surface area contributed by atoms with Crippen molar-refractivity contribution in [2.75, 3.05) is 0 Å². The van der Waals surface area contributed by atoms with Crippen molar-refractivity contribution in [2.45, 2.75) is 205 Å². The Morgan fingerprint density at radius 3 is 0.721 bits per heavy atom. The van der Waals surface area contributed by atoms with Gasteiger partial charge in [0.2, 0.25) is 0 Å². The minimum Gasteiger partial charge on any atom is -0.746 e. The summed E-state index contributed by atoms with van der Waals surface area (Å²) in [5.74, 6) is 0. The van der Waals surface area contributed by atoms with Crippen LogP contribution in [0.3, 0.4) is 0 Å². The molecule has 8 nitrogen and oxygen atoms in total. The van der Waals surface area contributed by atoms with E-state index in [2.05, 4.69) is 13.8 Å². The molecule has 0 aromatic carbocycles. The summed E-state index contributed by atoms with van der Waals surface area (Å²) in [5.41, 5.74) is -3.43. The molecule has 0 saturated carbocycles. The van der Waals surface area contributed by atoms with Gasteiger partial charge in [0.05, 0.1) is 0 Å². The Balaban J connectivity index is -0.000000727. The van der Waals surface area contributed by atoms with Crippen LogP contribution in [0, 0.1) is 0 Å². The third-order valence-corrected chi connectivity index (χ3v) is 9.58. The fourth-order valence-electron chi connectivity index (χ4n) is 4.96. The van der Waals surface area contributed by atoms with Gasteiger partial charge in [0.25, 0.3) is 0 Å². The molecule has 0 aliphatic carbocycles. The second kappa shape index (κ2) is 33.9. The van der Waals surface area contributed by atoms with Crippen LogP contribution in [0.25, 0.3) is 0 Å². The van der Waals surface area contributed by atoms with Gasteiger partial charge < -0.3 is 19.3 Å². The van der Waals surface area contributed by atoms with Gasteiger partial charge in [-0.1, -0.05) is 168 Å². The molecule has 256 valence electrons. The van der Waals surface area contributed by atoms with Gasteiger partial charge in [-0.15, -0.1) is 0 Å². The average Bonchev–Trinajstić information content (AvgIpc) is 2.93. The first-order valence-corrected chi connectivity index (χ1v) is 20.2. The standard InChI is InChI=1S/2C16H34O4S.Mg/c2*1-2-3-4-5-6-7-8-9-10-11-12-13-14-15-16(17)21(18,19)20;/h2*16-17H,2-15H2,1H3,(H,18,19,20);/q;;+2/p-2. The van der Waals surface area contributed by atoms with Crippen molar-refractivity contribution in [3.63, 3.8) is 0 Å². The van der Waals surface area contributed by atoms with Crippen molar-refractivity contribution < 1.29 is 36.2 Å². The molecule has 43 heavy (non-hydrogen) atoms. The molecule has 0 bridgehead atoms. The molecule has 0 saturated heterocycles. The molecule has 0 amide bonds. The fourth-order valence-corrected chi connectivity index (χ4v) is 5.87. The first-order chi connectivity index (χ1) is 20.0. The van der Waals surface area contributed by atoms with Crippen LogP contribution in [0.4, 0.5) is 0 Å². The summed E-state index contributed by atoms with van der Waals surface area (Å²) in [6, 6.07) is 0. The molecule has 0 aliphatic heterocycles. The molecule has 0 spiro atoms. The number of rotatable bonds is 30. The van der Waals surface area contributed by atoms with Gasteiger partial charge in [-0.05, 0) is 25.7 Å². The zero-order chi connectivity index (χ0) is 32.0. The van der Waals surface area contributed by atoms with Gasteiger partial charge >= 0.3 is 23.1 Å². The third kappa shape index (κ3) is 38.6. The maximum Gasteiger partial charge on any atom is 2.00 e. The molecule has 11 heteroatoms. The van der Waals surface area contributed by atoms with Gasteiger partial charge in [0.1, 0.15) is 31.1 Å². The Hall–Kier alpha value is 0.506. The molecule has 2 atom stereocenters. The molecule has 0 aromatic heterocycles. The monoisotopic (exact) mass is 666 g/mol. The summed E-state index contributed by atoms with van der Waals surface area (Å²) >= 11 is 0. The van der Waals surface area contributed by atoms with E-state index in [9.17, 15) is 25.9 Å². The number of aliphatic hydroxyl groups is 2. The first-order valence-electron chi connectivity index (χ1n) is 17.2. The van der Waals surface area contributed by atoms with E-state index >= 15 is 0 Å². The topological polar surface area (TPSA) is 155 Å². The Morgan fingerprint density at radius 2 is 0.558 bits per heavy atom. The molecular formula is C32H66MgO8S2. The van der Waals surface area contributed by atoms with E-state index in [-0.39, 0.29) is 35.9 Å². The van der Waals surface area contributed by atoms with Crippen LogP contribution in [0.5, 0.6) is 0 Å². The predicted octanol–water partition coefficient (Wildman–Crippen LogP) is 8.28. The number of aliphatic hydroxyl groups excluding tert-OH is 2. The summed E-state index contributed by atoms with van der Waals surface area (Å²) in [7, 11) is -9.03. The van der Waals surface area contributed by atoms with Crippen LogP contribution < -0.4 is 0 Å². The third-order valence-electron chi connectivity index (χ3n) is 7.78. The second-order valence-corrected chi connectivity index (χ2v) is 15.0. The van der Waals surface area contributed by atoms with Crippen LogP contribution in [0.1, 0.15) is 194 Å². The summed E-state index contributed by atoms with van der Waals surface area (Å²) in [6.45, 7) is 4.47. The van der Waals surface area contributed by atoms with Crippen LogP contribution in [-0.4, -0.2) is 70.1 Å². The number of hydrogen-bond donors (Lipinski definition) is 2. The summed E-state index contributed by atoms with van der Waals surface area (Å²) in [5, 5.41) is 18.1. The minimum absolute atomic E-state index is 0. The number of unbranched alkanes of at least 4 members (excludes halogenated alkanes) is 24. The molecular weight excluding hydrogens is 601 g/mol. The Bertz CT molecular complexity index is 699. The largest absolute Gasteiger partial charge is 2.00 e. The molecule has 2 unspecified atom stereocenters. The summed E-state index contributed by atoms with van der Waals surface area (Å²) in [6.07, 6.45) is 31.5. The van der Waals surface area contributed by atoms with E-state index in [0.717, 1.165) is 38.5 Å². The number of hydrogen-bond acceptors (Lipinski definition) is 8. The zero-order valence-electron chi connectivity index (χ0n) is 27.8. The van der Waals surface area contributed by atoms with E-state index in [1.54, 1.807) is 0 Å². The normalized spacial score (nSPS) is 13.2. The Labute approximate surface area is 282 Å². The fraction of sp³-hybridized carbons (Fsp3) is 1.00. The smallest absolute Gasteiger partial charge is 0.746 e. The van der Waals surface area contributed by atoms with Crippen molar-refractivity contribution in [3.8, 4) is 0 Å². The van der Waals surface area contributed by atoms with E-state index in [1.165, 1.54) is 116 Å². The molecule has 0 radical (unpaired) electrons. The van der Waals surface area contributed by atoms with Crippen molar-refractivity contribution in [1.29, 1.82) is 0 Å². The zero-order valence-corrected chi connectivity index (χ0v) is 30.9. The SMILES string of the molecule is CCCCCCCCCCCCCCCC(O)S(=O)(=O)[O-].CCCCCCCCCCCCCCCC(O)S(=O)(=O)[O-].[Mg+2]. The maximum absolute atomic E-state index is 10.5. The van der Waals surface area contributed by atoms with E-state index in [0.29, 0.717) is 12.8 Å². The summed E-state index contributed by atoms with van der Waals surface area (Å²) in [4.78, 5) is 0. The van der Waals surface area contributed by atoms with Crippen molar-refractivity contribution >= 4 is 43.3 Å². The van der Waals surface area contributed by atoms with Gasteiger partial charge in [0, 0.05) is 0 Å². The molecule has 0 rings (SSSR count). The van der Waals surface area contributed by atoms with E-state index in [4.69, 9.17) is 10.2 Å². The van der Waals surface area contributed by atoms with Crippen molar-refractivity contribution in [3.05, 3.63) is 0 Å². The molecule has 0 aliphatic rings. The summed E-state index contributed by atoms with van der Waals surface area (Å²) < 4.78 is 62.9. The van der Waals surface area contributed by atoms with Crippen LogP contribution in [-0.2, 0) is 20.2 Å². The van der Waals surface area contributed by atoms with E-state index < -0.39 is 31.1 Å². The van der Waals surface area contributed by atoms with Crippen molar-refractivity contribution in [2.24, 2.45) is 0 Å². The van der Waals surface area contributed by atoms with Gasteiger partial charge in [0.15, 0.2) is 0 Å². The minimum atomic E-state index is -4.51. The van der Waals surface area contributed by atoms with Gasteiger partial charge in [-0.2, -0.15) is 0 Å². The van der Waals surface area contributed by atoms with Gasteiger partial charge in [-0.25, -0.2) is 16.8 Å². The Kier molecular flexibility index (Phi) is 37.7. The maximum atomic E-state index is 10.5. The predicted molar refractivity (Wildman–Crippen MR) is 178 cm³/mol. The molecule has 0 fully saturated rings. The average molecular weight is 667 g/mol. The molecule has 0 heterocycles. The van der Waals surface area contributed by atoms with Crippen molar-refractivity contribution in [1.82, 2.24) is 0 Å². The van der Waals surface area contributed by atoms with Gasteiger partial charge in [-0.3, -0.25) is 0 Å². The van der Waals surface area contributed by atoms with E-state index in [1.807, 2.05) is 0 Å². The van der Waals surface area contributed by atoms with Crippen LogP contribution in [0.2, 0.25) is 0 Å². The first kappa shape index (κ1) is 47.9. The molecule has 2 N–H and O–H groups in total. The second-order valence-electron chi connectivity index (χ2n) is 12.0. The van der Waals surface area contributed by atoms with Crippen LogP contribution >= 0.6 is 0 Å². The van der Waals surface area contributed by atoms with Crippen LogP contribution in [0.15, 0.2) is 0 Å². The molecule has 0 aromatic rings. The quantitative estimate of drug-likeness (QED) is 0.0441.